The molecule has 224 valence electrons. The number of methoxy groups -OCH3 is 1. The largest absolute Gasteiger partial charge is 0.497 e. The van der Waals surface area contributed by atoms with Crippen LogP contribution in [0.15, 0.2) is 78.9 Å². The van der Waals surface area contributed by atoms with Gasteiger partial charge in [0, 0.05) is 31.6 Å². The van der Waals surface area contributed by atoms with Gasteiger partial charge in [-0.3, -0.25) is 24.0 Å². The maximum absolute atomic E-state index is 14.1. The molecule has 0 aliphatic rings. The lowest BCUT2D eigenvalue weighted by molar-refractivity contribution is -0.384. The molecule has 0 heterocycles. The number of nitrogens with zero attached hydrogens (tertiary/aromatic N) is 3. The summed E-state index contributed by atoms with van der Waals surface area (Å²) in [5.41, 5.74) is 1.13. The second kappa shape index (κ2) is 15.0. The second-order valence-electron chi connectivity index (χ2n) is 9.77. The first-order valence-electron chi connectivity index (χ1n) is 13.5. The summed E-state index contributed by atoms with van der Waals surface area (Å²) < 4.78 is 31.9. The Balaban J connectivity index is 2.07. The van der Waals surface area contributed by atoms with Gasteiger partial charge in [-0.25, -0.2) is 8.42 Å². The van der Waals surface area contributed by atoms with Crippen LogP contribution in [0, 0.1) is 10.1 Å². The summed E-state index contributed by atoms with van der Waals surface area (Å²) >= 11 is 0. The number of nitrogens with one attached hydrogen (secondary N) is 1. The van der Waals surface area contributed by atoms with E-state index in [1.807, 2.05) is 37.3 Å². The summed E-state index contributed by atoms with van der Waals surface area (Å²) in [6, 6.07) is 20.4. The molecular weight excluding hydrogens is 560 g/mol. The van der Waals surface area contributed by atoms with Crippen LogP contribution in [-0.4, -0.2) is 62.6 Å². The summed E-state index contributed by atoms with van der Waals surface area (Å²) in [5.74, 6) is -0.465. The number of carbonyl (C=O) groups is 2. The molecule has 11 nitrogen and oxygen atoms in total. The van der Waals surface area contributed by atoms with E-state index < -0.39 is 33.4 Å². The molecule has 1 atom stereocenters. The maximum Gasteiger partial charge on any atom is 0.271 e. The zero-order chi connectivity index (χ0) is 30.7. The Bertz CT molecular complexity index is 1480. The molecule has 1 N–H and O–H groups in total. The molecule has 3 aromatic rings. The van der Waals surface area contributed by atoms with Crippen LogP contribution in [0.2, 0.25) is 0 Å². The summed E-state index contributed by atoms with van der Waals surface area (Å²) in [4.78, 5) is 39.8. The third-order valence-electron chi connectivity index (χ3n) is 6.60. The van der Waals surface area contributed by atoms with Gasteiger partial charge in [0.05, 0.1) is 24.0 Å². The van der Waals surface area contributed by atoms with Crippen molar-refractivity contribution in [1.82, 2.24) is 10.2 Å². The fourth-order valence-corrected chi connectivity index (χ4v) is 5.24. The zero-order valence-corrected chi connectivity index (χ0v) is 24.7. The monoisotopic (exact) mass is 596 g/mol. The minimum atomic E-state index is -4.05. The van der Waals surface area contributed by atoms with Crippen molar-refractivity contribution in [3.63, 3.8) is 0 Å². The summed E-state index contributed by atoms with van der Waals surface area (Å²) in [5, 5.41) is 14.3. The predicted octanol–water partition coefficient (Wildman–Crippen LogP) is 3.93. The molecule has 0 saturated carbocycles. The Hall–Kier alpha value is -4.45. The molecule has 3 aromatic carbocycles. The minimum absolute atomic E-state index is 0.0126. The molecule has 0 bridgehead atoms. The number of rotatable bonds is 15. The van der Waals surface area contributed by atoms with Gasteiger partial charge in [-0.2, -0.15) is 0 Å². The van der Waals surface area contributed by atoms with Gasteiger partial charge in [-0.15, -0.1) is 0 Å². The van der Waals surface area contributed by atoms with Gasteiger partial charge in [-0.1, -0.05) is 61.9 Å². The molecule has 3 rings (SSSR count). The van der Waals surface area contributed by atoms with E-state index in [9.17, 15) is 28.1 Å². The highest BCUT2D eigenvalue weighted by Gasteiger charge is 2.33. The van der Waals surface area contributed by atoms with Crippen LogP contribution in [0.3, 0.4) is 0 Å². The number of carbonyl (C=O) groups excluding carboxylic acids is 2. The normalized spacial score (nSPS) is 11.8. The van der Waals surface area contributed by atoms with Gasteiger partial charge in [0.2, 0.25) is 21.8 Å². The lowest BCUT2D eigenvalue weighted by Crippen LogP contribution is -2.53. The van der Waals surface area contributed by atoms with Crippen LogP contribution in [0.1, 0.15) is 30.9 Å². The first-order valence-corrected chi connectivity index (χ1v) is 15.3. The fourth-order valence-electron chi connectivity index (χ4n) is 4.40. The van der Waals surface area contributed by atoms with Crippen LogP contribution in [0.4, 0.5) is 11.4 Å². The van der Waals surface area contributed by atoms with Crippen molar-refractivity contribution in [2.45, 2.75) is 38.8 Å². The smallest absolute Gasteiger partial charge is 0.271 e. The molecule has 12 heteroatoms. The number of hydrogen-bond acceptors (Lipinski definition) is 7. The van der Waals surface area contributed by atoms with Crippen molar-refractivity contribution in [2.24, 2.45) is 0 Å². The third kappa shape index (κ3) is 9.03. The van der Waals surface area contributed by atoms with Gasteiger partial charge in [-0.05, 0) is 35.7 Å². The molecule has 0 saturated heterocycles. The Labute approximate surface area is 246 Å². The Morgan fingerprint density at radius 3 is 2.33 bits per heavy atom. The van der Waals surface area contributed by atoms with E-state index in [2.05, 4.69) is 5.32 Å². The van der Waals surface area contributed by atoms with Crippen LogP contribution in [0.5, 0.6) is 5.75 Å². The van der Waals surface area contributed by atoms with Crippen molar-refractivity contribution >= 4 is 33.2 Å². The molecule has 0 radical (unpaired) electrons. The zero-order valence-electron chi connectivity index (χ0n) is 23.9. The van der Waals surface area contributed by atoms with Gasteiger partial charge in [0.1, 0.15) is 18.3 Å². The molecule has 0 aliphatic carbocycles. The van der Waals surface area contributed by atoms with E-state index in [0.717, 1.165) is 35.0 Å². The molecule has 2 amide bonds. The lowest BCUT2D eigenvalue weighted by Gasteiger charge is -2.33. The maximum atomic E-state index is 14.1. The molecule has 0 aromatic heterocycles. The number of benzene rings is 3. The number of amides is 2. The van der Waals surface area contributed by atoms with Crippen molar-refractivity contribution in [3.05, 3.63) is 100 Å². The fraction of sp³-hybridized carbons (Fsp3) is 0.333. The quantitative estimate of drug-likeness (QED) is 0.159. The van der Waals surface area contributed by atoms with Crippen LogP contribution in [0.25, 0.3) is 0 Å². The number of nitro groups is 1. The van der Waals surface area contributed by atoms with E-state index in [4.69, 9.17) is 4.74 Å². The van der Waals surface area contributed by atoms with Gasteiger partial charge >= 0.3 is 0 Å². The molecular formula is C30H36N4O7S. The Morgan fingerprint density at radius 1 is 1.00 bits per heavy atom. The number of non-ortho nitro benzene ring substituents is 1. The number of ether oxygens (including phenoxy) is 1. The van der Waals surface area contributed by atoms with Crippen molar-refractivity contribution in [3.8, 4) is 5.75 Å². The standard InChI is InChI=1S/C30H36N4O7S/c1-4-5-17-31-30(36)28(19-23-11-7-6-8-12-23)32(21-24-13-9-16-27(18-24)41-2)29(35)22-33(42(3,39)40)25-14-10-15-26(20-25)34(37)38/h6-16,18,20,28H,4-5,17,19,21-22H2,1-3H3,(H,31,36)/t28-/m0/s1. The average molecular weight is 597 g/mol. The minimum Gasteiger partial charge on any atom is -0.497 e. The lowest BCUT2D eigenvalue weighted by atomic mass is 10.0. The highest BCUT2D eigenvalue weighted by molar-refractivity contribution is 7.92. The molecule has 0 spiro atoms. The molecule has 0 unspecified atom stereocenters. The second-order valence-corrected chi connectivity index (χ2v) is 11.7. The van der Waals surface area contributed by atoms with Crippen LogP contribution >= 0.6 is 0 Å². The number of hydrogen-bond donors (Lipinski definition) is 1. The summed E-state index contributed by atoms with van der Waals surface area (Å²) in [7, 11) is -2.53. The van der Waals surface area contributed by atoms with Gasteiger partial charge in [0.15, 0.2) is 0 Å². The summed E-state index contributed by atoms with van der Waals surface area (Å²) in [6.45, 7) is 1.74. The van der Waals surface area contributed by atoms with E-state index in [0.29, 0.717) is 17.9 Å². The number of nitro benzene ring substituents is 1. The molecule has 42 heavy (non-hydrogen) atoms. The van der Waals surface area contributed by atoms with Crippen LogP contribution in [-0.2, 0) is 32.6 Å². The topological polar surface area (TPSA) is 139 Å². The highest BCUT2D eigenvalue weighted by atomic mass is 32.2. The predicted molar refractivity (Wildman–Crippen MR) is 161 cm³/mol. The SMILES string of the molecule is CCCCNC(=O)[C@H](Cc1ccccc1)N(Cc1cccc(OC)c1)C(=O)CN(c1cccc([N+](=O)[O-])c1)S(C)(=O)=O. The number of sulfonamides is 1. The Morgan fingerprint density at radius 2 is 1.69 bits per heavy atom. The van der Waals surface area contributed by atoms with Gasteiger partial charge in [0.25, 0.3) is 5.69 Å². The van der Waals surface area contributed by atoms with E-state index in [-0.39, 0.29) is 30.2 Å². The van der Waals surface area contributed by atoms with Crippen molar-refractivity contribution in [2.75, 3.05) is 30.8 Å². The first-order chi connectivity index (χ1) is 20.0. The number of unbranched alkanes of at least 4 members (excludes halogenated alkanes) is 1. The van der Waals surface area contributed by atoms with Crippen molar-refractivity contribution < 1.29 is 27.7 Å². The van der Waals surface area contributed by atoms with Crippen LogP contribution < -0.4 is 14.4 Å². The van der Waals surface area contributed by atoms with Gasteiger partial charge < -0.3 is 15.0 Å². The van der Waals surface area contributed by atoms with Crippen molar-refractivity contribution in [1.29, 1.82) is 0 Å². The Kier molecular flexibility index (Phi) is 11.4. The molecule has 0 aliphatic heterocycles. The van der Waals surface area contributed by atoms with E-state index in [1.54, 1.807) is 24.3 Å². The number of anilines is 1. The molecule has 0 fully saturated rings. The van der Waals surface area contributed by atoms with E-state index in [1.165, 1.54) is 30.2 Å². The van der Waals surface area contributed by atoms with E-state index >= 15 is 0 Å². The highest BCUT2D eigenvalue weighted by Crippen LogP contribution is 2.25. The average Bonchev–Trinajstić information content (AvgIpc) is 2.97. The third-order valence-corrected chi connectivity index (χ3v) is 7.74. The summed E-state index contributed by atoms with van der Waals surface area (Å²) in [6.07, 6.45) is 2.72. The first kappa shape index (κ1) is 32.1.